The van der Waals surface area contributed by atoms with Crippen LogP contribution in [-0.2, 0) is 17.9 Å². The first kappa shape index (κ1) is 13.0. The standard InChI is InChI=1S/C15H18N2O3/c1-2-20-13-3-4-14-11(8-13)7-12-9-16(10-15(18)19)5-6-17(12)14/h3-4,7-8H,2,5-6,9-10H2,1H3,(H,18,19). The van der Waals surface area contributed by atoms with Gasteiger partial charge in [-0.25, -0.2) is 0 Å². The summed E-state index contributed by atoms with van der Waals surface area (Å²) in [4.78, 5) is 12.8. The minimum Gasteiger partial charge on any atom is -0.494 e. The maximum absolute atomic E-state index is 10.8. The molecule has 2 heterocycles. The van der Waals surface area contributed by atoms with Gasteiger partial charge in [0, 0.05) is 36.2 Å². The average molecular weight is 274 g/mol. The van der Waals surface area contributed by atoms with Crippen LogP contribution in [0.4, 0.5) is 0 Å². The van der Waals surface area contributed by atoms with Crippen molar-refractivity contribution in [2.24, 2.45) is 0 Å². The second-order valence-electron chi connectivity index (χ2n) is 5.05. The third-order valence-electron chi connectivity index (χ3n) is 3.65. The Kier molecular flexibility index (Phi) is 3.36. The van der Waals surface area contributed by atoms with Crippen LogP contribution in [0.15, 0.2) is 24.3 Å². The number of aliphatic carboxylic acids is 1. The van der Waals surface area contributed by atoms with Crippen LogP contribution in [0.25, 0.3) is 10.9 Å². The molecule has 0 aliphatic carbocycles. The summed E-state index contributed by atoms with van der Waals surface area (Å²) in [7, 11) is 0. The largest absolute Gasteiger partial charge is 0.494 e. The molecule has 0 fully saturated rings. The molecular weight excluding hydrogens is 256 g/mol. The van der Waals surface area contributed by atoms with E-state index in [0.717, 1.165) is 24.2 Å². The Hall–Kier alpha value is -2.01. The molecule has 106 valence electrons. The van der Waals surface area contributed by atoms with Crippen LogP contribution in [0.5, 0.6) is 5.75 Å². The number of ether oxygens (including phenoxy) is 1. The summed E-state index contributed by atoms with van der Waals surface area (Å²) in [5, 5.41) is 10.0. The SMILES string of the molecule is CCOc1ccc2c(c1)cc1n2CCN(CC(=O)O)C1. The van der Waals surface area contributed by atoms with Gasteiger partial charge in [-0.05, 0) is 31.2 Å². The Morgan fingerprint density at radius 2 is 2.20 bits per heavy atom. The van der Waals surface area contributed by atoms with Crippen LogP contribution in [0, 0.1) is 0 Å². The van der Waals surface area contributed by atoms with Crippen molar-refractivity contribution in [3.05, 3.63) is 30.0 Å². The molecule has 0 amide bonds. The third-order valence-corrected chi connectivity index (χ3v) is 3.65. The maximum atomic E-state index is 10.8. The van der Waals surface area contributed by atoms with Crippen LogP contribution >= 0.6 is 0 Å². The highest BCUT2D eigenvalue weighted by Crippen LogP contribution is 2.27. The van der Waals surface area contributed by atoms with Gasteiger partial charge in [-0.1, -0.05) is 0 Å². The number of nitrogens with zero attached hydrogens (tertiary/aromatic N) is 2. The summed E-state index contributed by atoms with van der Waals surface area (Å²) >= 11 is 0. The summed E-state index contributed by atoms with van der Waals surface area (Å²) in [6.45, 7) is 5.03. The lowest BCUT2D eigenvalue weighted by Gasteiger charge is -2.27. The van der Waals surface area contributed by atoms with Gasteiger partial charge >= 0.3 is 5.97 Å². The van der Waals surface area contributed by atoms with Gasteiger partial charge in [0.25, 0.3) is 0 Å². The zero-order chi connectivity index (χ0) is 14.1. The second kappa shape index (κ2) is 5.17. The normalized spacial score (nSPS) is 15.2. The topological polar surface area (TPSA) is 54.7 Å². The number of carbonyl (C=O) groups is 1. The van der Waals surface area contributed by atoms with Gasteiger partial charge in [0.05, 0.1) is 13.2 Å². The van der Waals surface area contributed by atoms with E-state index in [9.17, 15) is 4.79 Å². The fraction of sp³-hybridized carbons (Fsp3) is 0.400. The van der Waals surface area contributed by atoms with E-state index in [1.54, 1.807) is 0 Å². The highest BCUT2D eigenvalue weighted by molar-refractivity contribution is 5.83. The lowest BCUT2D eigenvalue weighted by molar-refractivity contribution is -0.138. The molecule has 0 atom stereocenters. The van der Waals surface area contributed by atoms with Gasteiger partial charge in [-0.3, -0.25) is 9.69 Å². The van der Waals surface area contributed by atoms with Crippen molar-refractivity contribution < 1.29 is 14.6 Å². The predicted octanol–water partition coefficient (Wildman–Crippen LogP) is 1.94. The van der Waals surface area contributed by atoms with Crippen molar-refractivity contribution in [2.75, 3.05) is 19.7 Å². The fourth-order valence-corrected chi connectivity index (χ4v) is 2.83. The zero-order valence-corrected chi connectivity index (χ0v) is 11.5. The molecule has 5 nitrogen and oxygen atoms in total. The van der Waals surface area contributed by atoms with Gasteiger partial charge in [0.1, 0.15) is 5.75 Å². The maximum Gasteiger partial charge on any atom is 0.317 e. The molecule has 2 aromatic rings. The third kappa shape index (κ3) is 2.36. The van der Waals surface area contributed by atoms with Gasteiger partial charge in [0.15, 0.2) is 0 Å². The average Bonchev–Trinajstić information content (AvgIpc) is 2.75. The number of carboxylic acids is 1. The molecule has 1 aromatic heterocycles. The van der Waals surface area contributed by atoms with Gasteiger partial charge in [0.2, 0.25) is 0 Å². The van der Waals surface area contributed by atoms with Crippen LogP contribution in [-0.4, -0.2) is 40.2 Å². The Morgan fingerprint density at radius 3 is 2.95 bits per heavy atom. The van der Waals surface area contributed by atoms with E-state index in [4.69, 9.17) is 9.84 Å². The number of fused-ring (bicyclic) bond motifs is 3. The Labute approximate surface area is 117 Å². The smallest absolute Gasteiger partial charge is 0.317 e. The summed E-state index contributed by atoms with van der Waals surface area (Å²) in [6, 6.07) is 8.25. The minimum atomic E-state index is -0.770. The van der Waals surface area contributed by atoms with E-state index in [-0.39, 0.29) is 6.54 Å². The van der Waals surface area contributed by atoms with E-state index >= 15 is 0 Å². The molecule has 0 saturated carbocycles. The molecule has 0 unspecified atom stereocenters. The molecule has 1 aromatic carbocycles. The molecule has 3 rings (SSSR count). The van der Waals surface area contributed by atoms with Gasteiger partial charge in [-0.2, -0.15) is 0 Å². The lowest BCUT2D eigenvalue weighted by Crippen LogP contribution is -2.36. The minimum absolute atomic E-state index is 0.103. The van der Waals surface area contributed by atoms with Crippen molar-refractivity contribution in [3.8, 4) is 5.75 Å². The summed E-state index contributed by atoms with van der Waals surface area (Å²) < 4.78 is 7.79. The summed E-state index contributed by atoms with van der Waals surface area (Å²) in [6.07, 6.45) is 0. The number of carboxylic acid groups (broad SMARTS) is 1. The van der Waals surface area contributed by atoms with E-state index in [1.807, 2.05) is 24.0 Å². The molecule has 1 aliphatic heterocycles. The van der Waals surface area contributed by atoms with Crippen molar-refractivity contribution in [1.82, 2.24) is 9.47 Å². The number of benzene rings is 1. The number of hydrogen-bond acceptors (Lipinski definition) is 3. The Morgan fingerprint density at radius 1 is 1.35 bits per heavy atom. The molecule has 0 radical (unpaired) electrons. The van der Waals surface area contributed by atoms with Crippen molar-refractivity contribution in [3.63, 3.8) is 0 Å². The first-order valence-corrected chi connectivity index (χ1v) is 6.86. The van der Waals surface area contributed by atoms with Crippen molar-refractivity contribution in [2.45, 2.75) is 20.0 Å². The van der Waals surface area contributed by atoms with Gasteiger partial charge in [-0.15, -0.1) is 0 Å². The summed E-state index contributed by atoms with van der Waals surface area (Å²) in [5.74, 6) is 0.110. The van der Waals surface area contributed by atoms with Crippen molar-refractivity contribution >= 4 is 16.9 Å². The van der Waals surface area contributed by atoms with E-state index in [1.165, 1.54) is 11.2 Å². The first-order valence-electron chi connectivity index (χ1n) is 6.86. The molecule has 0 spiro atoms. The number of rotatable bonds is 4. The van der Waals surface area contributed by atoms with Crippen molar-refractivity contribution in [1.29, 1.82) is 0 Å². The Bertz CT molecular complexity index is 648. The molecule has 1 aliphatic rings. The Balaban J connectivity index is 1.91. The van der Waals surface area contributed by atoms with Crippen LogP contribution < -0.4 is 4.74 Å². The van der Waals surface area contributed by atoms with Gasteiger partial charge < -0.3 is 14.4 Å². The lowest BCUT2D eigenvalue weighted by atomic mass is 10.2. The zero-order valence-electron chi connectivity index (χ0n) is 11.5. The molecule has 5 heteroatoms. The molecule has 0 saturated heterocycles. The molecular formula is C15H18N2O3. The number of aromatic nitrogens is 1. The quantitative estimate of drug-likeness (QED) is 0.925. The van der Waals surface area contributed by atoms with Crippen LogP contribution in [0.3, 0.4) is 0 Å². The van der Waals surface area contributed by atoms with E-state index < -0.39 is 5.97 Å². The first-order chi connectivity index (χ1) is 9.67. The summed E-state index contributed by atoms with van der Waals surface area (Å²) in [5.41, 5.74) is 2.36. The van der Waals surface area contributed by atoms with Crippen LogP contribution in [0.1, 0.15) is 12.6 Å². The van der Waals surface area contributed by atoms with Crippen LogP contribution in [0.2, 0.25) is 0 Å². The predicted molar refractivity (Wildman–Crippen MR) is 76.0 cm³/mol. The second-order valence-corrected chi connectivity index (χ2v) is 5.05. The molecule has 20 heavy (non-hydrogen) atoms. The fourth-order valence-electron chi connectivity index (χ4n) is 2.83. The van der Waals surface area contributed by atoms with E-state index in [2.05, 4.69) is 16.7 Å². The highest BCUT2D eigenvalue weighted by Gasteiger charge is 2.20. The number of hydrogen-bond donors (Lipinski definition) is 1. The highest BCUT2D eigenvalue weighted by atomic mass is 16.5. The monoisotopic (exact) mass is 274 g/mol. The molecule has 0 bridgehead atoms. The molecule has 1 N–H and O–H groups in total. The van der Waals surface area contributed by atoms with E-state index in [0.29, 0.717) is 13.2 Å².